The van der Waals surface area contributed by atoms with Crippen LogP contribution in [0.1, 0.15) is 44.1 Å². The summed E-state index contributed by atoms with van der Waals surface area (Å²) in [5.74, 6) is 1.24. The van der Waals surface area contributed by atoms with E-state index < -0.39 is 0 Å². The summed E-state index contributed by atoms with van der Waals surface area (Å²) in [6, 6.07) is 10.8. The van der Waals surface area contributed by atoms with Gasteiger partial charge >= 0.3 is 0 Å². The molecule has 3 fully saturated rings. The molecule has 5 heteroatoms. The predicted octanol–water partition coefficient (Wildman–Crippen LogP) is 2.80. The fourth-order valence-electron chi connectivity index (χ4n) is 4.37. The summed E-state index contributed by atoms with van der Waals surface area (Å²) in [6.07, 6.45) is 8.06. The molecule has 3 aliphatic rings. The van der Waals surface area contributed by atoms with Crippen LogP contribution in [0.2, 0.25) is 0 Å². The predicted molar refractivity (Wildman–Crippen MR) is 101 cm³/mol. The molecule has 0 atom stereocenters. The van der Waals surface area contributed by atoms with Gasteiger partial charge in [0.1, 0.15) is 0 Å². The van der Waals surface area contributed by atoms with Crippen molar-refractivity contribution in [2.45, 2.75) is 50.5 Å². The monoisotopic (exact) mass is 358 g/mol. The van der Waals surface area contributed by atoms with Gasteiger partial charge in [-0.2, -0.15) is 0 Å². The number of nitrogens with zero attached hydrogens (tertiary/aromatic N) is 2. The lowest BCUT2D eigenvalue weighted by Gasteiger charge is -2.45. The first-order valence-electron chi connectivity index (χ1n) is 9.81. The number of carbonyl (C=O) groups is 2. The number of likely N-dealkylation sites (tertiary alicyclic amines) is 2. The molecule has 2 aliphatic heterocycles. The highest BCUT2D eigenvalue weighted by atomic mass is 16.3. The van der Waals surface area contributed by atoms with Gasteiger partial charge < -0.3 is 14.9 Å². The molecular weight excluding hydrogens is 328 g/mol. The summed E-state index contributed by atoms with van der Waals surface area (Å²) >= 11 is 0. The molecule has 26 heavy (non-hydrogen) atoms. The molecule has 1 aromatic carbocycles. The highest BCUT2D eigenvalue weighted by molar-refractivity contribution is 5.79. The number of amides is 1. The molecule has 5 nitrogen and oxygen atoms in total. The van der Waals surface area contributed by atoms with Crippen LogP contribution in [-0.4, -0.2) is 59.0 Å². The van der Waals surface area contributed by atoms with Crippen LogP contribution < -0.4 is 0 Å². The van der Waals surface area contributed by atoms with Gasteiger partial charge in [0.25, 0.3) is 6.47 Å². The third-order valence-corrected chi connectivity index (χ3v) is 6.16. The van der Waals surface area contributed by atoms with Crippen molar-refractivity contribution in [3.63, 3.8) is 0 Å². The first-order valence-corrected chi connectivity index (χ1v) is 9.81. The number of carboxylic acid groups (broad SMARTS) is 1. The Morgan fingerprint density at radius 3 is 2.38 bits per heavy atom. The summed E-state index contributed by atoms with van der Waals surface area (Å²) in [7, 11) is 0. The molecule has 2 heterocycles. The molecule has 1 aliphatic carbocycles. The molecule has 1 aromatic rings. The number of hydrogen-bond donors (Lipinski definition) is 1. The lowest BCUT2D eigenvalue weighted by atomic mass is 9.84. The minimum Gasteiger partial charge on any atom is -0.483 e. The van der Waals surface area contributed by atoms with Gasteiger partial charge in [-0.05, 0) is 50.0 Å². The molecule has 4 rings (SSSR count). The van der Waals surface area contributed by atoms with Crippen molar-refractivity contribution in [3.05, 3.63) is 35.9 Å². The zero-order chi connectivity index (χ0) is 18.4. The Bertz CT molecular complexity index is 593. The molecule has 0 aromatic heterocycles. The maximum Gasteiger partial charge on any atom is 0.290 e. The average molecular weight is 358 g/mol. The van der Waals surface area contributed by atoms with E-state index in [1.807, 2.05) is 0 Å². The fourth-order valence-corrected chi connectivity index (χ4v) is 4.37. The second kappa shape index (κ2) is 8.67. The van der Waals surface area contributed by atoms with E-state index in [0.717, 1.165) is 51.4 Å². The van der Waals surface area contributed by atoms with Crippen molar-refractivity contribution in [2.75, 3.05) is 26.2 Å². The van der Waals surface area contributed by atoms with E-state index in [2.05, 4.69) is 40.1 Å². The molecule has 1 N–H and O–H groups in total. The van der Waals surface area contributed by atoms with E-state index >= 15 is 0 Å². The van der Waals surface area contributed by atoms with E-state index in [1.165, 1.54) is 31.2 Å². The first kappa shape index (κ1) is 18.9. The normalized spacial score (nSPS) is 22.2. The lowest BCUT2D eigenvalue weighted by molar-refractivity contribution is -0.132. The van der Waals surface area contributed by atoms with Gasteiger partial charge in [-0.3, -0.25) is 9.59 Å². The number of hydrogen-bond acceptors (Lipinski definition) is 3. The highest BCUT2D eigenvalue weighted by Gasteiger charge is 2.47. The van der Waals surface area contributed by atoms with Crippen molar-refractivity contribution in [1.82, 2.24) is 9.80 Å². The molecule has 1 saturated carbocycles. The van der Waals surface area contributed by atoms with Gasteiger partial charge in [0.05, 0.1) is 0 Å². The van der Waals surface area contributed by atoms with Crippen LogP contribution in [0.15, 0.2) is 30.3 Å². The Morgan fingerprint density at radius 2 is 1.77 bits per heavy atom. The minimum absolute atomic E-state index is 0.211. The molecule has 142 valence electrons. The van der Waals surface area contributed by atoms with Crippen molar-refractivity contribution in [3.8, 4) is 0 Å². The third kappa shape index (κ3) is 4.64. The fraction of sp³-hybridized carbons (Fsp3) is 0.619. The van der Waals surface area contributed by atoms with E-state index in [-0.39, 0.29) is 12.0 Å². The Kier molecular flexibility index (Phi) is 6.30. The summed E-state index contributed by atoms with van der Waals surface area (Å²) < 4.78 is 0. The zero-order valence-electron chi connectivity index (χ0n) is 15.5. The van der Waals surface area contributed by atoms with Gasteiger partial charge in [0.15, 0.2) is 0 Å². The molecule has 0 radical (unpaired) electrons. The Hall–Kier alpha value is -1.88. The SMILES string of the molecule is O=C1CCC2(CCN(CCc3ccccc3)CC2)N1CC1CC1.O=CO. The number of carbonyl (C=O) groups excluding carboxylic acids is 1. The van der Waals surface area contributed by atoms with E-state index in [4.69, 9.17) is 9.90 Å². The largest absolute Gasteiger partial charge is 0.483 e. The van der Waals surface area contributed by atoms with Crippen molar-refractivity contribution in [1.29, 1.82) is 0 Å². The van der Waals surface area contributed by atoms with E-state index in [9.17, 15) is 4.79 Å². The van der Waals surface area contributed by atoms with Gasteiger partial charge in [-0.25, -0.2) is 0 Å². The number of piperidine rings is 1. The van der Waals surface area contributed by atoms with Gasteiger partial charge in [-0.1, -0.05) is 30.3 Å². The van der Waals surface area contributed by atoms with Gasteiger partial charge in [0.2, 0.25) is 5.91 Å². The molecule has 1 amide bonds. The molecule has 2 saturated heterocycles. The number of benzene rings is 1. The molecule has 1 spiro atoms. The third-order valence-electron chi connectivity index (χ3n) is 6.16. The standard InChI is InChI=1S/C20H28N2O.CH2O2/c23-19-8-10-20(22(19)16-18-6-7-18)11-14-21(15-12-20)13-9-17-4-2-1-3-5-17;2-1-3/h1-5,18H,6-16H2;1H,(H,2,3). The van der Waals surface area contributed by atoms with Gasteiger partial charge in [-0.15, -0.1) is 0 Å². The Balaban J connectivity index is 0.000000613. The Labute approximate surface area is 156 Å². The van der Waals surface area contributed by atoms with E-state index in [1.54, 1.807) is 0 Å². The van der Waals surface area contributed by atoms with E-state index in [0.29, 0.717) is 5.91 Å². The van der Waals surface area contributed by atoms with Gasteiger partial charge in [0, 0.05) is 38.1 Å². The van der Waals surface area contributed by atoms with Crippen LogP contribution in [0.5, 0.6) is 0 Å². The highest BCUT2D eigenvalue weighted by Crippen LogP contribution is 2.42. The van der Waals surface area contributed by atoms with Crippen LogP contribution in [0.3, 0.4) is 0 Å². The summed E-state index contributed by atoms with van der Waals surface area (Å²) in [4.78, 5) is 25.6. The summed E-state index contributed by atoms with van der Waals surface area (Å²) in [6.45, 7) is 4.25. The lowest BCUT2D eigenvalue weighted by Crippen LogP contribution is -2.53. The molecule has 0 unspecified atom stereocenters. The molecular formula is C21H30N2O3. The quantitative estimate of drug-likeness (QED) is 0.822. The average Bonchev–Trinajstić information content (AvgIpc) is 3.44. The smallest absolute Gasteiger partial charge is 0.290 e. The second-order valence-corrected chi connectivity index (χ2v) is 7.85. The second-order valence-electron chi connectivity index (χ2n) is 7.85. The van der Waals surface area contributed by atoms with Crippen molar-refractivity contribution >= 4 is 12.4 Å². The van der Waals surface area contributed by atoms with Crippen LogP contribution in [0, 0.1) is 5.92 Å². The van der Waals surface area contributed by atoms with Crippen LogP contribution in [-0.2, 0) is 16.0 Å². The summed E-state index contributed by atoms with van der Waals surface area (Å²) in [5, 5.41) is 6.89. The van der Waals surface area contributed by atoms with Crippen molar-refractivity contribution in [2.24, 2.45) is 5.92 Å². The maximum atomic E-state index is 12.3. The first-order chi connectivity index (χ1) is 12.7. The van der Waals surface area contributed by atoms with Crippen molar-refractivity contribution < 1.29 is 14.7 Å². The van der Waals surface area contributed by atoms with Crippen LogP contribution in [0.4, 0.5) is 0 Å². The van der Waals surface area contributed by atoms with Crippen LogP contribution in [0.25, 0.3) is 0 Å². The summed E-state index contributed by atoms with van der Waals surface area (Å²) in [5.41, 5.74) is 1.64. The molecule has 0 bridgehead atoms. The number of rotatable bonds is 5. The van der Waals surface area contributed by atoms with Crippen LogP contribution >= 0.6 is 0 Å². The maximum absolute atomic E-state index is 12.3. The zero-order valence-corrected chi connectivity index (χ0v) is 15.5. The Morgan fingerprint density at radius 1 is 1.12 bits per heavy atom. The topological polar surface area (TPSA) is 60.9 Å². The minimum atomic E-state index is -0.250.